The third-order valence-electron chi connectivity index (χ3n) is 3.12. The third kappa shape index (κ3) is 3.13. The molecule has 0 spiro atoms. The molecule has 18 heavy (non-hydrogen) atoms. The monoisotopic (exact) mass is 260 g/mol. The zero-order valence-electron chi connectivity index (χ0n) is 9.83. The van der Waals surface area contributed by atoms with Crippen LogP contribution in [0.5, 0.6) is 5.88 Å². The van der Waals surface area contributed by atoms with Gasteiger partial charge in [0.05, 0.1) is 5.54 Å². The van der Waals surface area contributed by atoms with Crippen molar-refractivity contribution < 1.29 is 17.9 Å². The molecule has 0 amide bonds. The second-order valence-corrected chi connectivity index (χ2v) is 4.72. The number of hydrogen-bond acceptors (Lipinski definition) is 3. The first kappa shape index (κ1) is 13.1. The summed E-state index contributed by atoms with van der Waals surface area (Å²) in [5.41, 5.74) is 4.69. The van der Waals surface area contributed by atoms with Gasteiger partial charge >= 0.3 is 6.18 Å². The molecule has 3 nitrogen and oxygen atoms in total. The highest BCUT2D eigenvalue weighted by Crippen LogP contribution is 2.30. The summed E-state index contributed by atoms with van der Waals surface area (Å²) in [6, 6.07) is 3.61. The summed E-state index contributed by atoms with van der Waals surface area (Å²) < 4.78 is 42.6. The van der Waals surface area contributed by atoms with E-state index in [4.69, 9.17) is 10.5 Å². The molecule has 2 rings (SSSR count). The predicted molar refractivity (Wildman–Crippen MR) is 60.1 cm³/mol. The lowest BCUT2D eigenvalue weighted by Gasteiger charge is -2.23. The zero-order valence-corrected chi connectivity index (χ0v) is 9.83. The van der Waals surface area contributed by atoms with Crippen LogP contribution in [0.15, 0.2) is 18.2 Å². The predicted octanol–water partition coefficient (Wildman–Crippen LogP) is 2.75. The van der Waals surface area contributed by atoms with E-state index in [0.717, 1.165) is 31.7 Å². The largest absolute Gasteiger partial charge is 0.476 e. The number of aromatic nitrogens is 1. The number of nitrogens with zero attached hydrogens (tertiary/aromatic N) is 1. The maximum atomic E-state index is 12.4. The van der Waals surface area contributed by atoms with Gasteiger partial charge in [-0.05, 0) is 18.9 Å². The van der Waals surface area contributed by atoms with E-state index >= 15 is 0 Å². The molecule has 1 fully saturated rings. The SMILES string of the molecule is NC1(COc2cccc(C(F)(F)F)n2)CCCC1. The first-order valence-corrected chi connectivity index (χ1v) is 5.85. The number of nitrogens with two attached hydrogens (primary N) is 1. The van der Waals surface area contributed by atoms with Crippen molar-refractivity contribution >= 4 is 0 Å². The molecule has 0 aliphatic heterocycles. The third-order valence-corrected chi connectivity index (χ3v) is 3.12. The lowest BCUT2D eigenvalue weighted by molar-refractivity contribution is -0.141. The van der Waals surface area contributed by atoms with Crippen LogP contribution in [-0.2, 0) is 6.18 Å². The molecular weight excluding hydrogens is 245 g/mol. The Labute approximate surface area is 103 Å². The highest BCUT2D eigenvalue weighted by molar-refractivity contribution is 5.18. The Bertz CT molecular complexity index is 414. The molecule has 6 heteroatoms. The smallest absolute Gasteiger partial charge is 0.433 e. The highest BCUT2D eigenvalue weighted by Gasteiger charge is 2.33. The summed E-state index contributed by atoms with van der Waals surface area (Å²) in [6.07, 6.45) is -0.698. The fraction of sp³-hybridized carbons (Fsp3) is 0.583. The van der Waals surface area contributed by atoms with E-state index in [1.165, 1.54) is 12.1 Å². The second-order valence-electron chi connectivity index (χ2n) is 4.72. The molecule has 2 N–H and O–H groups in total. The average Bonchev–Trinajstić information content (AvgIpc) is 2.74. The van der Waals surface area contributed by atoms with E-state index in [2.05, 4.69) is 4.98 Å². The zero-order chi connectivity index (χ0) is 13.2. The normalized spacial score (nSPS) is 18.9. The number of pyridine rings is 1. The van der Waals surface area contributed by atoms with Crippen molar-refractivity contribution in [1.82, 2.24) is 4.98 Å². The lowest BCUT2D eigenvalue weighted by atomic mass is 10.0. The molecule has 1 saturated carbocycles. The number of rotatable bonds is 3. The van der Waals surface area contributed by atoms with E-state index in [-0.39, 0.29) is 12.5 Å². The van der Waals surface area contributed by atoms with Crippen molar-refractivity contribution in [3.63, 3.8) is 0 Å². The summed E-state index contributed by atoms with van der Waals surface area (Å²) in [5, 5.41) is 0. The number of halogens is 3. The molecular formula is C12H15F3N2O. The van der Waals surface area contributed by atoms with Crippen LogP contribution in [0.1, 0.15) is 31.4 Å². The molecule has 1 aliphatic rings. The van der Waals surface area contributed by atoms with Crippen LogP contribution in [0.3, 0.4) is 0 Å². The maximum Gasteiger partial charge on any atom is 0.433 e. The minimum absolute atomic E-state index is 0.0263. The Morgan fingerprint density at radius 1 is 1.28 bits per heavy atom. The first-order chi connectivity index (χ1) is 8.39. The van der Waals surface area contributed by atoms with Crippen LogP contribution in [-0.4, -0.2) is 17.1 Å². The highest BCUT2D eigenvalue weighted by atomic mass is 19.4. The van der Waals surface area contributed by atoms with Gasteiger partial charge in [-0.2, -0.15) is 13.2 Å². The molecule has 0 unspecified atom stereocenters. The molecule has 0 saturated heterocycles. The standard InChI is InChI=1S/C12H15F3N2O/c13-12(14,15)9-4-3-5-10(17-9)18-8-11(16)6-1-2-7-11/h3-5H,1-2,6-8,16H2. The minimum Gasteiger partial charge on any atom is -0.476 e. The van der Waals surface area contributed by atoms with Crippen molar-refractivity contribution in [3.05, 3.63) is 23.9 Å². The van der Waals surface area contributed by atoms with Crippen LogP contribution < -0.4 is 10.5 Å². The summed E-state index contributed by atoms with van der Waals surface area (Å²) in [6.45, 7) is 0.210. The van der Waals surface area contributed by atoms with Gasteiger partial charge in [0, 0.05) is 6.07 Å². The van der Waals surface area contributed by atoms with E-state index in [9.17, 15) is 13.2 Å². The quantitative estimate of drug-likeness (QED) is 0.909. The minimum atomic E-state index is -4.45. The van der Waals surface area contributed by atoms with Crippen molar-refractivity contribution in [2.24, 2.45) is 5.73 Å². The van der Waals surface area contributed by atoms with E-state index in [1.54, 1.807) is 0 Å². The maximum absolute atomic E-state index is 12.4. The summed E-state index contributed by atoms with van der Waals surface area (Å²) in [4.78, 5) is 3.43. The second kappa shape index (κ2) is 4.76. The van der Waals surface area contributed by atoms with E-state index < -0.39 is 17.4 Å². The Kier molecular flexibility index (Phi) is 3.47. The summed E-state index contributed by atoms with van der Waals surface area (Å²) in [7, 11) is 0. The van der Waals surface area contributed by atoms with E-state index in [1.807, 2.05) is 0 Å². The van der Waals surface area contributed by atoms with Gasteiger partial charge in [0.15, 0.2) is 0 Å². The van der Waals surface area contributed by atoms with Crippen LogP contribution in [0.2, 0.25) is 0 Å². The van der Waals surface area contributed by atoms with Crippen LogP contribution in [0.25, 0.3) is 0 Å². The Hall–Kier alpha value is -1.30. The fourth-order valence-electron chi connectivity index (χ4n) is 2.09. The molecule has 1 heterocycles. The molecule has 0 bridgehead atoms. The van der Waals surface area contributed by atoms with Crippen molar-refractivity contribution in [3.8, 4) is 5.88 Å². The lowest BCUT2D eigenvalue weighted by Crippen LogP contribution is -2.42. The molecule has 1 aliphatic carbocycles. The van der Waals surface area contributed by atoms with E-state index in [0.29, 0.717) is 0 Å². The van der Waals surface area contributed by atoms with Gasteiger partial charge < -0.3 is 10.5 Å². The number of hydrogen-bond donors (Lipinski definition) is 1. The van der Waals surface area contributed by atoms with Crippen LogP contribution in [0.4, 0.5) is 13.2 Å². The first-order valence-electron chi connectivity index (χ1n) is 5.85. The van der Waals surface area contributed by atoms with Gasteiger partial charge in [0.25, 0.3) is 0 Å². The van der Waals surface area contributed by atoms with Gasteiger partial charge in [-0.1, -0.05) is 18.9 Å². The average molecular weight is 260 g/mol. The van der Waals surface area contributed by atoms with Gasteiger partial charge in [-0.15, -0.1) is 0 Å². The number of ether oxygens (including phenoxy) is 1. The van der Waals surface area contributed by atoms with Crippen LogP contribution in [0, 0.1) is 0 Å². The van der Waals surface area contributed by atoms with Crippen molar-refractivity contribution in [2.45, 2.75) is 37.4 Å². The van der Waals surface area contributed by atoms with Crippen molar-refractivity contribution in [2.75, 3.05) is 6.61 Å². The summed E-state index contributed by atoms with van der Waals surface area (Å²) >= 11 is 0. The van der Waals surface area contributed by atoms with Crippen molar-refractivity contribution in [1.29, 1.82) is 0 Å². The number of alkyl halides is 3. The molecule has 1 aromatic rings. The van der Waals surface area contributed by atoms with Gasteiger partial charge in [-0.3, -0.25) is 0 Å². The molecule has 0 aromatic carbocycles. The molecule has 0 atom stereocenters. The Morgan fingerprint density at radius 2 is 1.94 bits per heavy atom. The van der Waals surface area contributed by atoms with Gasteiger partial charge in [0.2, 0.25) is 5.88 Å². The van der Waals surface area contributed by atoms with Gasteiger partial charge in [0.1, 0.15) is 12.3 Å². The van der Waals surface area contributed by atoms with Gasteiger partial charge in [-0.25, -0.2) is 4.98 Å². The summed E-state index contributed by atoms with van der Waals surface area (Å²) in [5.74, 6) is -0.0263. The Morgan fingerprint density at radius 3 is 2.56 bits per heavy atom. The molecule has 100 valence electrons. The Balaban J connectivity index is 2.01. The topological polar surface area (TPSA) is 48.1 Å². The fourth-order valence-corrected chi connectivity index (χ4v) is 2.09. The molecule has 0 radical (unpaired) electrons. The van der Waals surface area contributed by atoms with Crippen LogP contribution >= 0.6 is 0 Å². The molecule has 1 aromatic heterocycles.